The standard InChI is InChI=1S/2CH2O3.Ca/c2*2-1-4-3;/h2*1,3H;/q;;+2/p-2. The van der Waals surface area contributed by atoms with Crippen molar-refractivity contribution in [3.63, 3.8) is 0 Å². The van der Waals surface area contributed by atoms with Crippen molar-refractivity contribution in [2.45, 2.75) is 0 Å². The van der Waals surface area contributed by atoms with Crippen LogP contribution in [0.1, 0.15) is 0 Å². The molecule has 0 aliphatic rings. The summed E-state index contributed by atoms with van der Waals surface area (Å²) in [5.74, 6) is 0. The van der Waals surface area contributed by atoms with Crippen molar-refractivity contribution in [1.82, 2.24) is 0 Å². The summed E-state index contributed by atoms with van der Waals surface area (Å²) >= 11 is 0. The molecule has 0 unspecified atom stereocenters. The van der Waals surface area contributed by atoms with E-state index in [0.717, 1.165) is 0 Å². The fraction of sp³-hybridized carbons (Fsp3) is 0. The van der Waals surface area contributed by atoms with E-state index in [1.807, 2.05) is 0 Å². The first-order valence-electron chi connectivity index (χ1n) is 1.28. The Bertz CT molecular complexity index is 47.0. The maximum atomic E-state index is 8.64. The molecule has 0 aromatic carbocycles. The van der Waals surface area contributed by atoms with Gasteiger partial charge in [-0.05, 0) is 0 Å². The third-order valence-corrected chi connectivity index (χ3v) is 0.0786. The summed E-state index contributed by atoms with van der Waals surface area (Å²) in [5, 5.41) is 16.9. The van der Waals surface area contributed by atoms with Crippen molar-refractivity contribution in [1.29, 1.82) is 0 Å². The largest absolute Gasteiger partial charge is 2.00 e. The second kappa shape index (κ2) is 24.3. The Morgan fingerprint density at radius 2 is 1.11 bits per heavy atom. The summed E-state index contributed by atoms with van der Waals surface area (Å²) in [7, 11) is 0. The van der Waals surface area contributed by atoms with Crippen LogP contribution in [0.15, 0.2) is 0 Å². The molecular formula is C2H2CaO6. The molecule has 0 rings (SSSR count). The molecule has 0 heterocycles. The fourth-order valence-corrected chi connectivity index (χ4v) is 0. The van der Waals surface area contributed by atoms with E-state index >= 15 is 0 Å². The van der Waals surface area contributed by atoms with Crippen molar-refractivity contribution in [3.8, 4) is 0 Å². The monoisotopic (exact) mass is 162 g/mol. The predicted molar refractivity (Wildman–Crippen MR) is 20.1 cm³/mol. The van der Waals surface area contributed by atoms with Crippen molar-refractivity contribution in [2.24, 2.45) is 0 Å². The molecule has 9 heavy (non-hydrogen) atoms. The molecule has 0 aliphatic carbocycles. The molecule has 0 aromatic rings. The van der Waals surface area contributed by atoms with Gasteiger partial charge in [0, 0.05) is 0 Å². The number of hydrogen-bond acceptors (Lipinski definition) is 6. The van der Waals surface area contributed by atoms with Crippen LogP contribution in [0.2, 0.25) is 0 Å². The summed E-state index contributed by atoms with van der Waals surface area (Å²) in [6, 6.07) is 0. The molecule has 0 N–H and O–H groups in total. The molecule has 0 atom stereocenters. The molecule has 0 radical (unpaired) electrons. The van der Waals surface area contributed by atoms with Crippen LogP contribution >= 0.6 is 0 Å². The summed E-state index contributed by atoms with van der Waals surface area (Å²) in [5.41, 5.74) is 0. The third kappa shape index (κ3) is 67.7. The van der Waals surface area contributed by atoms with Gasteiger partial charge in [0.15, 0.2) is 0 Å². The van der Waals surface area contributed by atoms with E-state index in [-0.39, 0.29) is 50.7 Å². The van der Waals surface area contributed by atoms with Gasteiger partial charge >= 0.3 is 37.7 Å². The van der Waals surface area contributed by atoms with Gasteiger partial charge in [-0.1, -0.05) is 0 Å². The van der Waals surface area contributed by atoms with Crippen LogP contribution in [0, 0.1) is 0 Å². The van der Waals surface area contributed by atoms with Crippen LogP contribution in [-0.2, 0) is 19.4 Å². The third-order valence-electron chi connectivity index (χ3n) is 0.0786. The van der Waals surface area contributed by atoms with Crippen molar-refractivity contribution >= 4 is 50.7 Å². The van der Waals surface area contributed by atoms with Crippen LogP contribution < -0.4 is 10.5 Å². The zero-order chi connectivity index (χ0) is 6.83. The Morgan fingerprint density at radius 3 is 1.11 bits per heavy atom. The minimum atomic E-state index is -0.181. The molecule has 0 saturated heterocycles. The van der Waals surface area contributed by atoms with Gasteiger partial charge in [-0.2, -0.15) is 0 Å². The average molecular weight is 162 g/mol. The zero-order valence-electron chi connectivity index (χ0n) is 4.31. The molecule has 0 spiro atoms. The molecule has 0 aromatic heterocycles. The maximum absolute atomic E-state index is 8.64. The quantitative estimate of drug-likeness (QED) is 0.181. The van der Waals surface area contributed by atoms with E-state index < -0.39 is 0 Å². The van der Waals surface area contributed by atoms with Gasteiger partial charge in [-0.25, -0.2) is 0 Å². The topological polar surface area (TPSA) is 98.7 Å². The molecule has 7 heteroatoms. The van der Waals surface area contributed by atoms with Gasteiger partial charge < -0.3 is 20.3 Å². The van der Waals surface area contributed by atoms with Crippen molar-refractivity contribution in [3.05, 3.63) is 0 Å². The fourth-order valence-electron chi connectivity index (χ4n) is 0. The molecule has 6 nitrogen and oxygen atoms in total. The summed E-state index contributed by atoms with van der Waals surface area (Å²) in [6.45, 7) is -0.361. The Balaban J connectivity index is -0.0000000720. The second-order valence-electron chi connectivity index (χ2n) is 0.385. The van der Waals surface area contributed by atoms with Gasteiger partial charge in [-0.3, -0.25) is 9.59 Å². The number of rotatable bonds is 2. The molecule has 0 bridgehead atoms. The average Bonchev–Trinajstić information content (AvgIpc) is 1.88. The van der Waals surface area contributed by atoms with E-state index in [9.17, 15) is 0 Å². The first-order chi connectivity index (χ1) is 3.83. The Labute approximate surface area is 80.2 Å². The Hall–Kier alpha value is 0.120. The summed E-state index contributed by atoms with van der Waals surface area (Å²) in [4.78, 5) is 22.5. The molecule has 0 saturated carbocycles. The SMILES string of the molecule is O=CO[O-].O=CO[O-].[Ca+2]. The Morgan fingerprint density at radius 1 is 1.00 bits per heavy atom. The normalized spacial score (nSPS) is 4.67. The van der Waals surface area contributed by atoms with E-state index in [2.05, 4.69) is 9.78 Å². The van der Waals surface area contributed by atoms with E-state index in [1.165, 1.54) is 0 Å². The van der Waals surface area contributed by atoms with Gasteiger partial charge in [0.25, 0.3) is 12.9 Å². The molecule has 0 fully saturated rings. The zero-order valence-corrected chi connectivity index (χ0v) is 6.52. The van der Waals surface area contributed by atoms with Crippen LogP contribution in [0.5, 0.6) is 0 Å². The minimum absolute atomic E-state index is 0. The summed E-state index contributed by atoms with van der Waals surface area (Å²) < 4.78 is 0. The first-order valence-corrected chi connectivity index (χ1v) is 1.28. The molecule has 48 valence electrons. The van der Waals surface area contributed by atoms with Crippen LogP contribution in [0.3, 0.4) is 0 Å². The summed E-state index contributed by atoms with van der Waals surface area (Å²) in [6.07, 6.45) is 0. The number of carbonyl (C=O) groups is 2. The second-order valence-corrected chi connectivity index (χ2v) is 0.385. The van der Waals surface area contributed by atoms with Gasteiger partial charge in [0.2, 0.25) is 0 Å². The van der Waals surface area contributed by atoms with Gasteiger partial charge in [0.1, 0.15) is 0 Å². The van der Waals surface area contributed by atoms with Crippen LogP contribution in [-0.4, -0.2) is 50.7 Å². The van der Waals surface area contributed by atoms with E-state index in [1.54, 1.807) is 0 Å². The number of carbonyl (C=O) groups excluding carboxylic acids is 2. The maximum Gasteiger partial charge on any atom is 2.00 e. The van der Waals surface area contributed by atoms with Gasteiger partial charge in [0.05, 0.1) is 0 Å². The molecular weight excluding hydrogens is 160 g/mol. The molecule has 0 amide bonds. The van der Waals surface area contributed by atoms with Gasteiger partial charge in [-0.15, -0.1) is 0 Å². The Kier molecular flexibility index (Phi) is 43.3. The van der Waals surface area contributed by atoms with Crippen molar-refractivity contribution < 1.29 is 29.9 Å². The first kappa shape index (κ1) is 16.1. The van der Waals surface area contributed by atoms with E-state index in [0.29, 0.717) is 0 Å². The number of hydrogen-bond donors (Lipinski definition) is 0. The van der Waals surface area contributed by atoms with E-state index in [4.69, 9.17) is 20.1 Å². The van der Waals surface area contributed by atoms with Crippen molar-refractivity contribution in [2.75, 3.05) is 0 Å². The smallest absolute Gasteiger partial charge is 0.662 e. The van der Waals surface area contributed by atoms with Crippen LogP contribution in [0.4, 0.5) is 0 Å². The predicted octanol–water partition coefficient (Wildman–Crippen LogP) is -3.51. The molecule has 0 aliphatic heterocycles. The van der Waals surface area contributed by atoms with Crippen LogP contribution in [0.25, 0.3) is 0 Å². The minimum Gasteiger partial charge on any atom is -0.662 e.